The highest BCUT2D eigenvalue weighted by Crippen LogP contribution is 2.28. The fraction of sp³-hybridized carbons (Fsp3) is 0.385. The molecular formula is C13H15N3O5. The van der Waals surface area contributed by atoms with E-state index in [2.05, 4.69) is 5.32 Å². The second-order valence-corrected chi connectivity index (χ2v) is 4.90. The Morgan fingerprint density at radius 3 is 2.76 bits per heavy atom. The maximum atomic E-state index is 11.3. The largest absolute Gasteiger partial charge is 0.478 e. The first kappa shape index (κ1) is 14.8. The Morgan fingerprint density at radius 1 is 1.48 bits per heavy atom. The van der Waals surface area contributed by atoms with Crippen LogP contribution in [0.2, 0.25) is 0 Å². The van der Waals surface area contributed by atoms with Crippen LogP contribution in [0.5, 0.6) is 0 Å². The molecule has 8 nitrogen and oxygen atoms in total. The molecule has 1 fully saturated rings. The van der Waals surface area contributed by atoms with Crippen LogP contribution in [0, 0.1) is 10.1 Å². The topological polar surface area (TPSA) is 113 Å². The second kappa shape index (κ2) is 5.78. The Kier molecular flexibility index (Phi) is 4.06. The standard InChI is InChI=1S/C13H15N3O5/c1-8(17)14-9-4-5-15(7-9)12-3-2-10(16(20)21)6-11(12)13(18)19/h2-3,6,9H,4-5,7H2,1H3,(H,14,17)(H,18,19). The van der Waals surface area contributed by atoms with E-state index in [1.54, 1.807) is 0 Å². The lowest BCUT2D eigenvalue weighted by Gasteiger charge is -2.20. The van der Waals surface area contributed by atoms with Crippen LogP contribution >= 0.6 is 0 Å². The van der Waals surface area contributed by atoms with Gasteiger partial charge < -0.3 is 15.3 Å². The molecule has 2 N–H and O–H groups in total. The number of carbonyl (C=O) groups is 2. The van der Waals surface area contributed by atoms with Gasteiger partial charge in [-0.15, -0.1) is 0 Å². The molecule has 0 radical (unpaired) electrons. The van der Waals surface area contributed by atoms with Gasteiger partial charge in [0, 0.05) is 38.2 Å². The lowest BCUT2D eigenvalue weighted by molar-refractivity contribution is -0.384. The number of hydrogen-bond acceptors (Lipinski definition) is 5. The van der Waals surface area contributed by atoms with Crippen molar-refractivity contribution in [3.8, 4) is 0 Å². The molecule has 1 unspecified atom stereocenters. The average molecular weight is 293 g/mol. The van der Waals surface area contributed by atoms with Crippen molar-refractivity contribution in [1.29, 1.82) is 0 Å². The molecule has 0 saturated carbocycles. The van der Waals surface area contributed by atoms with Gasteiger partial charge in [-0.1, -0.05) is 0 Å². The molecule has 1 aliphatic heterocycles. The first-order chi connectivity index (χ1) is 9.88. The Labute approximate surface area is 120 Å². The normalized spacial score (nSPS) is 17.6. The summed E-state index contributed by atoms with van der Waals surface area (Å²) >= 11 is 0. The number of nitrogens with one attached hydrogen (secondary N) is 1. The van der Waals surface area contributed by atoms with Crippen molar-refractivity contribution >= 4 is 23.3 Å². The molecule has 1 aromatic rings. The summed E-state index contributed by atoms with van der Waals surface area (Å²) in [7, 11) is 0. The van der Waals surface area contributed by atoms with Crippen LogP contribution in [-0.2, 0) is 4.79 Å². The molecule has 1 aliphatic rings. The quantitative estimate of drug-likeness (QED) is 0.632. The fourth-order valence-electron chi connectivity index (χ4n) is 2.47. The predicted molar refractivity (Wildman–Crippen MR) is 74.5 cm³/mol. The van der Waals surface area contributed by atoms with Crippen molar-refractivity contribution in [2.45, 2.75) is 19.4 Å². The van der Waals surface area contributed by atoms with Gasteiger partial charge in [0.2, 0.25) is 5.91 Å². The number of nitrogens with zero attached hydrogens (tertiary/aromatic N) is 2. The van der Waals surface area contributed by atoms with Gasteiger partial charge in [-0.05, 0) is 12.5 Å². The predicted octanol–water partition coefficient (Wildman–Crippen LogP) is 1.01. The molecule has 1 saturated heterocycles. The van der Waals surface area contributed by atoms with Gasteiger partial charge in [-0.2, -0.15) is 0 Å². The smallest absolute Gasteiger partial charge is 0.338 e. The fourth-order valence-corrected chi connectivity index (χ4v) is 2.47. The first-order valence-electron chi connectivity index (χ1n) is 6.42. The van der Waals surface area contributed by atoms with E-state index in [1.165, 1.54) is 19.1 Å². The van der Waals surface area contributed by atoms with Gasteiger partial charge in [-0.25, -0.2) is 4.79 Å². The third kappa shape index (κ3) is 3.28. The Balaban J connectivity index is 2.26. The zero-order valence-electron chi connectivity index (χ0n) is 11.4. The lowest BCUT2D eigenvalue weighted by atomic mass is 10.1. The number of nitro groups is 1. The molecule has 0 spiro atoms. The zero-order valence-corrected chi connectivity index (χ0v) is 11.4. The van der Waals surface area contributed by atoms with Gasteiger partial charge in [0.25, 0.3) is 5.69 Å². The first-order valence-corrected chi connectivity index (χ1v) is 6.42. The average Bonchev–Trinajstić information content (AvgIpc) is 2.85. The highest BCUT2D eigenvalue weighted by atomic mass is 16.6. The Bertz CT molecular complexity index is 601. The number of amides is 1. The van der Waals surface area contributed by atoms with E-state index in [0.717, 1.165) is 6.07 Å². The Hall–Kier alpha value is -2.64. The van der Waals surface area contributed by atoms with Gasteiger partial charge in [-0.3, -0.25) is 14.9 Å². The summed E-state index contributed by atoms with van der Waals surface area (Å²) in [5.74, 6) is -1.35. The lowest BCUT2D eigenvalue weighted by Crippen LogP contribution is -2.35. The molecule has 1 heterocycles. The van der Waals surface area contributed by atoms with Gasteiger partial charge in [0.05, 0.1) is 16.2 Å². The highest BCUT2D eigenvalue weighted by molar-refractivity contribution is 5.95. The van der Waals surface area contributed by atoms with Crippen LogP contribution in [0.3, 0.4) is 0 Å². The number of non-ortho nitro benzene ring substituents is 1. The summed E-state index contributed by atoms with van der Waals surface area (Å²) in [6, 6.07) is 3.74. The molecule has 1 amide bonds. The van der Waals surface area contributed by atoms with Crippen molar-refractivity contribution in [2.75, 3.05) is 18.0 Å². The van der Waals surface area contributed by atoms with Crippen molar-refractivity contribution in [3.05, 3.63) is 33.9 Å². The van der Waals surface area contributed by atoms with E-state index >= 15 is 0 Å². The molecule has 0 bridgehead atoms. The monoisotopic (exact) mass is 293 g/mol. The van der Waals surface area contributed by atoms with E-state index < -0.39 is 10.9 Å². The van der Waals surface area contributed by atoms with Crippen molar-refractivity contribution < 1.29 is 19.6 Å². The van der Waals surface area contributed by atoms with Crippen LogP contribution < -0.4 is 10.2 Å². The minimum Gasteiger partial charge on any atom is -0.478 e. The molecule has 2 rings (SSSR count). The van der Waals surface area contributed by atoms with Crippen molar-refractivity contribution in [2.24, 2.45) is 0 Å². The number of rotatable bonds is 4. The van der Waals surface area contributed by atoms with E-state index in [-0.39, 0.29) is 23.2 Å². The number of benzene rings is 1. The third-order valence-corrected chi connectivity index (χ3v) is 3.36. The molecule has 0 aromatic heterocycles. The van der Waals surface area contributed by atoms with Crippen LogP contribution in [-0.4, -0.2) is 41.0 Å². The Morgan fingerprint density at radius 2 is 2.19 bits per heavy atom. The SMILES string of the molecule is CC(=O)NC1CCN(c2ccc([N+](=O)[O-])cc2C(=O)O)C1. The van der Waals surface area contributed by atoms with E-state index in [0.29, 0.717) is 25.2 Å². The number of anilines is 1. The van der Waals surface area contributed by atoms with Crippen molar-refractivity contribution in [3.63, 3.8) is 0 Å². The molecular weight excluding hydrogens is 278 g/mol. The van der Waals surface area contributed by atoms with Crippen LogP contribution in [0.1, 0.15) is 23.7 Å². The molecule has 1 atom stereocenters. The summed E-state index contributed by atoms with van der Waals surface area (Å²) in [6.45, 7) is 2.50. The summed E-state index contributed by atoms with van der Waals surface area (Å²) in [5.41, 5.74) is 0.0717. The molecule has 21 heavy (non-hydrogen) atoms. The zero-order chi connectivity index (χ0) is 15.6. The third-order valence-electron chi connectivity index (χ3n) is 3.36. The summed E-state index contributed by atoms with van der Waals surface area (Å²) in [5, 5.41) is 22.7. The van der Waals surface area contributed by atoms with Gasteiger partial charge >= 0.3 is 5.97 Å². The van der Waals surface area contributed by atoms with Gasteiger partial charge in [0.1, 0.15) is 0 Å². The van der Waals surface area contributed by atoms with Crippen LogP contribution in [0.4, 0.5) is 11.4 Å². The second-order valence-electron chi connectivity index (χ2n) is 4.90. The van der Waals surface area contributed by atoms with Crippen molar-refractivity contribution in [1.82, 2.24) is 5.32 Å². The number of carbonyl (C=O) groups excluding carboxylic acids is 1. The number of carboxylic acids is 1. The maximum Gasteiger partial charge on any atom is 0.338 e. The number of hydrogen-bond donors (Lipinski definition) is 2. The minimum atomic E-state index is -1.21. The summed E-state index contributed by atoms with van der Waals surface area (Å²) in [4.78, 5) is 34.3. The van der Waals surface area contributed by atoms with Gasteiger partial charge in [0.15, 0.2) is 0 Å². The van der Waals surface area contributed by atoms with E-state index in [4.69, 9.17) is 0 Å². The molecule has 0 aliphatic carbocycles. The summed E-state index contributed by atoms with van der Waals surface area (Å²) in [6.07, 6.45) is 0.704. The summed E-state index contributed by atoms with van der Waals surface area (Å²) < 4.78 is 0. The van der Waals surface area contributed by atoms with E-state index in [1.807, 2.05) is 4.90 Å². The van der Waals surface area contributed by atoms with Crippen LogP contribution in [0.15, 0.2) is 18.2 Å². The molecule has 8 heteroatoms. The highest BCUT2D eigenvalue weighted by Gasteiger charge is 2.27. The number of aromatic carboxylic acids is 1. The number of nitro benzene ring substituents is 1. The van der Waals surface area contributed by atoms with E-state index in [9.17, 15) is 24.8 Å². The number of carboxylic acid groups (broad SMARTS) is 1. The maximum absolute atomic E-state index is 11.3. The molecule has 1 aromatic carbocycles. The molecule has 112 valence electrons. The minimum absolute atomic E-state index is 0.0423. The van der Waals surface area contributed by atoms with Crippen LogP contribution in [0.25, 0.3) is 0 Å².